The van der Waals surface area contributed by atoms with Crippen LogP contribution in [0.1, 0.15) is 52.3 Å². The van der Waals surface area contributed by atoms with Crippen LogP contribution in [0, 0.1) is 10.8 Å². The summed E-state index contributed by atoms with van der Waals surface area (Å²) < 4.78 is 0. The van der Waals surface area contributed by atoms with Gasteiger partial charge in [-0.2, -0.15) is 0 Å². The van der Waals surface area contributed by atoms with Crippen molar-refractivity contribution in [2.45, 2.75) is 40.5 Å². The molecule has 2 atom stereocenters. The van der Waals surface area contributed by atoms with Crippen LogP contribution in [0.15, 0.2) is 66.8 Å². The van der Waals surface area contributed by atoms with Gasteiger partial charge in [0.1, 0.15) is 5.41 Å². The molecule has 4 heteroatoms. The van der Waals surface area contributed by atoms with Crippen molar-refractivity contribution in [1.82, 2.24) is 0 Å². The average Bonchev–Trinajstić information content (AvgIpc) is 2.65. The minimum atomic E-state index is -1.60. The van der Waals surface area contributed by atoms with Gasteiger partial charge in [0.05, 0.1) is 0 Å². The van der Waals surface area contributed by atoms with Gasteiger partial charge in [-0.3, -0.25) is 9.59 Å². The van der Waals surface area contributed by atoms with Crippen LogP contribution in [-0.2, 0) is 4.79 Å². The number of allylic oxidation sites excluding steroid dienone is 3. The maximum absolute atomic E-state index is 13.4. The molecule has 2 unspecified atom stereocenters. The third-order valence-electron chi connectivity index (χ3n) is 5.70. The van der Waals surface area contributed by atoms with E-state index >= 15 is 0 Å². The number of carbonyl (C=O) groups is 2. The maximum Gasteiger partial charge on any atom is 1.00 e. The van der Waals surface area contributed by atoms with E-state index in [1.807, 2.05) is 51.1 Å². The molecule has 2 aromatic carbocycles. The van der Waals surface area contributed by atoms with E-state index in [4.69, 9.17) is 0 Å². The quantitative estimate of drug-likeness (QED) is 0.327. The second-order valence-electron chi connectivity index (χ2n) is 7.76. The summed E-state index contributed by atoms with van der Waals surface area (Å²) in [5.41, 5.74) is -0.909. The molecule has 3 nitrogen and oxygen atoms in total. The standard InChI is InChI=1S/C24H28O3.Na.H/c1-6-23(4,15-9-10-17(2)3)24(5,22(26)27)21(25)20-14-13-18-11-7-8-12-19(18)16-20;;/h6-8,10-14,16H,1,9,15H2,2-5H3,(H,26,27);;/q;+1;-1. The average molecular weight is 388 g/mol. The molecule has 0 spiro atoms. The van der Waals surface area contributed by atoms with Crippen molar-refractivity contribution in [2.24, 2.45) is 10.8 Å². The Kier molecular flexibility index (Phi) is 8.43. The number of fused-ring (bicyclic) bond motifs is 1. The number of benzene rings is 2. The zero-order valence-electron chi connectivity index (χ0n) is 18.6. The number of carboxylic acids is 1. The predicted molar refractivity (Wildman–Crippen MR) is 112 cm³/mol. The molecule has 0 saturated heterocycles. The minimum absolute atomic E-state index is 0. The third-order valence-corrected chi connectivity index (χ3v) is 5.70. The molecular formula is C24H29NaO3. The molecule has 1 N–H and O–H groups in total. The van der Waals surface area contributed by atoms with Gasteiger partial charge in [0.15, 0.2) is 5.78 Å². The summed E-state index contributed by atoms with van der Waals surface area (Å²) in [6, 6.07) is 13.1. The van der Waals surface area contributed by atoms with E-state index in [1.54, 1.807) is 18.2 Å². The number of Topliss-reactive ketones (excluding diaryl/α,β-unsaturated/α-hetero) is 1. The van der Waals surface area contributed by atoms with Crippen LogP contribution in [0.5, 0.6) is 0 Å². The Hall–Kier alpha value is -1.68. The number of carboxylic acid groups (broad SMARTS) is 1. The Morgan fingerprint density at radius 2 is 1.71 bits per heavy atom. The van der Waals surface area contributed by atoms with Crippen LogP contribution in [-0.4, -0.2) is 16.9 Å². The molecule has 0 amide bonds. The summed E-state index contributed by atoms with van der Waals surface area (Å²) in [5, 5.41) is 12.0. The van der Waals surface area contributed by atoms with Crippen LogP contribution in [0.3, 0.4) is 0 Å². The van der Waals surface area contributed by atoms with E-state index in [1.165, 1.54) is 12.5 Å². The van der Waals surface area contributed by atoms with Crippen molar-refractivity contribution in [1.29, 1.82) is 0 Å². The summed E-state index contributed by atoms with van der Waals surface area (Å²) in [7, 11) is 0. The predicted octanol–water partition coefficient (Wildman–Crippen LogP) is 3.17. The Morgan fingerprint density at radius 3 is 2.25 bits per heavy atom. The van der Waals surface area contributed by atoms with E-state index in [9.17, 15) is 14.7 Å². The largest absolute Gasteiger partial charge is 1.00 e. The van der Waals surface area contributed by atoms with E-state index in [0.717, 1.165) is 10.8 Å². The fourth-order valence-electron chi connectivity index (χ4n) is 3.44. The topological polar surface area (TPSA) is 54.4 Å². The number of hydrogen-bond acceptors (Lipinski definition) is 2. The Labute approximate surface area is 191 Å². The Bertz CT molecular complexity index is 917. The summed E-state index contributed by atoms with van der Waals surface area (Å²) in [6.45, 7) is 11.2. The summed E-state index contributed by atoms with van der Waals surface area (Å²) >= 11 is 0. The molecular weight excluding hydrogens is 359 g/mol. The second kappa shape index (κ2) is 9.69. The normalized spacial score (nSPS) is 14.9. The van der Waals surface area contributed by atoms with Crippen LogP contribution in [0.4, 0.5) is 0 Å². The zero-order valence-corrected chi connectivity index (χ0v) is 19.6. The monoisotopic (exact) mass is 388 g/mol. The van der Waals surface area contributed by atoms with Crippen molar-refractivity contribution in [2.75, 3.05) is 0 Å². The first-order chi connectivity index (χ1) is 12.7. The van der Waals surface area contributed by atoms with Gasteiger partial charge < -0.3 is 6.53 Å². The molecule has 2 rings (SSSR count). The summed E-state index contributed by atoms with van der Waals surface area (Å²) in [4.78, 5) is 25.7. The number of aliphatic carboxylic acids is 1. The number of ketones is 1. The number of hydrogen-bond donors (Lipinski definition) is 1. The fourth-order valence-corrected chi connectivity index (χ4v) is 3.44. The molecule has 0 saturated carbocycles. The first-order valence-electron chi connectivity index (χ1n) is 9.19. The van der Waals surface area contributed by atoms with Crippen molar-refractivity contribution >= 4 is 22.5 Å². The van der Waals surface area contributed by atoms with Gasteiger partial charge in [-0.1, -0.05) is 61.0 Å². The molecule has 28 heavy (non-hydrogen) atoms. The Balaban J connectivity index is 0.00000392. The molecule has 0 fully saturated rings. The second-order valence-corrected chi connectivity index (χ2v) is 7.76. The number of carbonyl (C=O) groups excluding carboxylic acids is 1. The smallest absolute Gasteiger partial charge is 1.00 e. The molecule has 0 radical (unpaired) electrons. The fraction of sp³-hybridized carbons (Fsp3) is 0.333. The van der Waals surface area contributed by atoms with Crippen molar-refractivity contribution in [3.05, 3.63) is 72.3 Å². The molecule has 0 aliphatic heterocycles. The molecule has 0 bridgehead atoms. The van der Waals surface area contributed by atoms with E-state index in [-0.39, 0.29) is 36.8 Å². The van der Waals surface area contributed by atoms with Gasteiger partial charge in [0.2, 0.25) is 0 Å². The van der Waals surface area contributed by atoms with Gasteiger partial charge in [0, 0.05) is 11.0 Å². The van der Waals surface area contributed by atoms with E-state index in [0.29, 0.717) is 18.4 Å². The first kappa shape index (κ1) is 24.4. The van der Waals surface area contributed by atoms with Crippen molar-refractivity contribution in [3.63, 3.8) is 0 Å². The van der Waals surface area contributed by atoms with Gasteiger partial charge in [0.25, 0.3) is 0 Å². The molecule has 0 aliphatic carbocycles. The van der Waals surface area contributed by atoms with Crippen molar-refractivity contribution < 1.29 is 45.7 Å². The molecule has 144 valence electrons. The Morgan fingerprint density at radius 1 is 1.11 bits per heavy atom. The molecule has 0 heterocycles. The third kappa shape index (κ3) is 4.65. The zero-order chi connectivity index (χ0) is 20.2. The summed E-state index contributed by atoms with van der Waals surface area (Å²) in [5.74, 6) is -1.51. The summed E-state index contributed by atoms with van der Waals surface area (Å²) in [6.07, 6.45) is 4.91. The van der Waals surface area contributed by atoms with Gasteiger partial charge >= 0.3 is 35.5 Å². The van der Waals surface area contributed by atoms with E-state index < -0.39 is 16.8 Å². The van der Waals surface area contributed by atoms with E-state index in [2.05, 4.69) is 12.7 Å². The van der Waals surface area contributed by atoms with Crippen LogP contribution < -0.4 is 29.6 Å². The van der Waals surface area contributed by atoms with Gasteiger partial charge in [-0.05, 0) is 50.5 Å². The molecule has 2 aromatic rings. The van der Waals surface area contributed by atoms with Gasteiger partial charge in [-0.15, -0.1) is 6.58 Å². The van der Waals surface area contributed by atoms with Crippen LogP contribution in [0.25, 0.3) is 10.8 Å². The van der Waals surface area contributed by atoms with Crippen LogP contribution >= 0.6 is 0 Å². The minimum Gasteiger partial charge on any atom is -1.00 e. The number of rotatable bonds is 8. The molecule has 0 aromatic heterocycles. The molecule has 0 aliphatic rings. The van der Waals surface area contributed by atoms with Gasteiger partial charge in [-0.25, -0.2) is 0 Å². The van der Waals surface area contributed by atoms with Crippen LogP contribution in [0.2, 0.25) is 0 Å². The first-order valence-corrected chi connectivity index (χ1v) is 9.19. The van der Waals surface area contributed by atoms with Crippen molar-refractivity contribution in [3.8, 4) is 0 Å². The SMILES string of the molecule is C=CC(C)(CCC=C(C)C)C(C)(C(=O)O)C(=O)c1ccc2ccccc2c1.[H-].[Na+]. The maximum atomic E-state index is 13.4.